The molecule has 2 aromatic rings. The minimum atomic E-state index is -0.113. The van der Waals surface area contributed by atoms with Gasteiger partial charge in [-0.05, 0) is 43.3 Å². The molecule has 0 aliphatic rings. The van der Waals surface area contributed by atoms with Crippen molar-refractivity contribution >= 4 is 23.1 Å². The standard InChI is InChI=1S/C15H14N4O/c1-10-3-4-12(9-16)15(17-10)19-14-7-5-13(6-8-14)18-11(2)20/h3-8H,1-2H3,(H,17,19)(H,18,20). The maximum atomic E-state index is 10.9. The zero-order valence-electron chi connectivity index (χ0n) is 11.3. The predicted octanol–water partition coefficient (Wildman–Crippen LogP) is 2.96. The van der Waals surface area contributed by atoms with E-state index in [1.807, 2.05) is 19.1 Å². The molecular weight excluding hydrogens is 252 g/mol. The maximum Gasteiger partial charge on any atom is 0.221 e. The zero-order chi connectivity index (χ0) is 14.5. The molecule has 0 aliphatic heterocycles. The Morgan fingerprint density at radius 3 is 2.40 bits per heavy atom. The third-order valence-electron chi connectivity index (χ3n) is 2.62. The number of carbonyl (C=O) groups is 1. The van der Waals surface area contributed by atoms with Crippen LogP contribution in [-0.4, -0.2) is 10.9 Å². The van der Waals surface area contributed by atoms with Crippen molar-refractivity contribution in [1.29, 1.82) is 5.26 Å². The summed E-state index contributed by atoms with van der Waals surface area (Å²) in [5, 5.41) is 14.8. The molecule has 0 saturated carbocycles. The highest BCUT2D eigenvalue weighted by Gasteiger charge is 2.04. The Morgan fingerprint density at radius 2 is 1.80 bits per heavy atom. The molecule has 0 spiro atoms. The number of amides is 1. The number of nitriles is 1. The molecule has 0 bridgehead atoms. The number of hydrogen-bond donors (Lipinski definition) is 2. The molecule has 0 fully saturated rings. The number of nitrogens with zero attached hydrogens (tertiary/aromatic N) is 2. The minimum Gasteiger partial charge on any atom is -0.339 e. The summed E-state index contributed by atoms with van der Waals surface area (Å²) < 4.78 is 0. The molecule has 1 amide bonds. The van der Waals surface area contributed by atoms with E-state index in [4.69, 9.17) is 5.26 Å². The van der Waals surface area contributed by atoms with E-state index >= 15 is 0 Å². The van der Waals surface area contributed by atoms with Crippen LogP contribution in [-0.2, 0) is 4.79 Å². The average molecular weight is 266 g/mol. The highest BCUT2D eigenvalue weighted by molar-refractivity contribution is 5.88. The monoisotopic (exact) mass is 266 g/mol. The first-order valence-electron chi connectivity index (χ1n) is 6.11. The molecule has 1 aromatic carbocycles. The van der Waals surface area contributed by atoms with Crippen molar-refractivity contribution in [3.8, 4) is 6.07 Å². The molecule has 1 heterocycles. The molecule has 2 rings (SSSR count). The fraction of sp³-hybridized carbons (Fsp3) is 0.133. The molecule has 0 unspecified atom stereocenters. The molecule has 5 heteroatoms. The lowest BCUT2D eigenvalue weighted by molar-refractivity contribution is -0.114. The first kappa shape index (κ1) is 13.6. The van der Waals surface area contributed by atoms with Crippen molar-refractivity contribution in [3.63, 3.8) is 0 Å². The molecule has 0 aliphatic carbocycles. The van der Waals surface area contributed by atoms with Crippen molar-refractivity contribution in [3.05, 3.63) is 47.7 Å². The quantitative estimate of drug-likeness (QED) is 0.895. The first-order chi connectivity index (χ1) is 9.58. The van der Waals surface area contributed by atoms with Crippen molar-refractivity contribution in [2.24, 2.45) is 0 Å². The van der Waals surface area contributed by atoms with E-state index in [0.29, 0.717) is 11.4 Å². The van der Waals surface area contributed by atoms with Gasteiger partial charge in [0.05, 0.1) is 5.56 Å². The van der Waals surface area contributed by atoms with E-state index in [-0.39, 0.29) is 5.91 Å². The highest BCUT2D eigenvalue weighted by Crippen LogP contribution is 2.20. The van der Waals surface area contributed by atoms with Gasteiger partial charge < -0.3 is 10.6 Å². The molecule has 5 nitrogen and oxygen atoms in total. The lowest BCUT2D eigenvalue weighted by Crippen LogP contribution is -2.05. The van der Waals surface area contributed by atoms with Crippen LogP contribution < -0.4 is 10.6 Å². The van der Waals surface area contributed by atoms with Gasteiger partial charge in [0.2, 0.25) is 5.91 Å². The maximum absolute atomic E-state index is 10.9. The Morgan fingerprint density at radius 1 is 1.15 bits per heavy atom. The highest BCUT2D eigenvalue weighted by atomic mass is 16.1. The number of pyridine rings is 1. The molecule has 2 N–H and O–H groups in total. The number of rotatable bonds is 3. The van der Waals surface area contributed by atoms with E-state index in [1.165, 1.54) is 6.92 Å². The van der Waals surface area contributed by atoms with Gasteiger partial charge in [0.15, 0.2) is 0 Å². The molecule has 0 atom stereocenters. The Hall–Kier alpha value is -2.87. The van der Waals surface area contributed by atoms with Gasteiger partial charge in [-0.25, -0.2) is 4.98 Å². The van der Waals surface area contributed by atoms with E-state index < -0.39 is 0 Å². The summed E-state index contributed by atoms with van der Waals surface area (Å²) in [5.41, 5.74) is 2.84. The van der Waals surface area contributed by atoms with Gasteiger partial charge >= 0.3 is 0 Å². The molecule has 1 aromatic heterocycles. The summed E-state index contributed by atoms with van der Waals surface area (Å²) in [4.78, 5) is 15.2. The van der Waals surface area contributed by atoms with E-state index in [2.05, 4.69) is 21.7 Å². The number of aromatic nitrogens is 1. The summed E-state index contributed by atoms with van der Waals surface area (Å²) in [6.45, 7) is 3.33. The van der Waals surface area contributed by atoms with Crippen LogP contribution in [0.2, 0.25) is 0 Å². The van der Waals surface area contributed by atoms with Crippen LogP contribution in [0.4, 0.5) is 17.2 Å². The summed E-state index contributed by atoms with van der Waals surface area (Å²) >= 11 is 0. The zero-order valence-corrected chi connectivity index (χ0v) is 11.3. The molecule has 20 heavy (non-hydrogen) atoms. The molecule has 0 saturated heterocycles. The lowest BCUT2D eigenvalue weighted by atomic mass is 10.2. The van der Waals surface area contributed by atoms with Gasteiger partial charge in [-0.3, -0.25) is 4.79 Å². The fourth-order valence-corrected chi connectivity index (χ4v) is 1.72. The van der Waals surface area contributed by atoms with Crippen LogP contribution in [0.3, 0.4) is 0 Å². The summed E-state index contributed by atoms with van der Waals surface area (Å²) in [6.07, 6.45) is 0. The largest absolute Gasteiger partial charge is 0.339 e. The molecule has 100 valence electrons. The van der Waals surface area contributed by atoms with Crippen molar-refractivity contribution < 1.29 is 4.79 Å². The third kappa shape index (κ3) is 3.33. The van der Waals surface area contributed by atoms with E-state index in [9.17, 15) is 4.79 Å². The number of hydrogen-bond acceptors (Lipinski definition) is 4. The van der Waals surface area contributed by atoms with Gasteiger partial charge in [0.1, 0.15) is 11.9 Å². The normalized spacial score (nSPS) is 9.65. The van der Waals surface area contributed by atoms with Crippen molar-refractivity contribution in [2.75, 3.05) is 10.6 Å². The van der Waals surface area contributed by atoms with Crippen LogP contribution in [0.15, 0.2) is 36.4 Å². The van der Waals surface area contributed by atoms with Crippen LogP contribution >= 0.6 is 0 Å². The van der Waals surface area contributed by atoms with E-state index in [1.54, 1.807) is 24.3 Å². The van der Waals surface area contributed by atoms with Crippen LogP contribution in [0.25, 0.3) is 0 Å². The second kappa shape index (κ2) is 5.85. The summed E-state index contributed by atoms with van der Waals surface area (Å²) in [5.74, 6) is 0.414. The fourth-order valence-electron chi connectivity index (χ4n) is 1.72. The topological polar surface area (TPSA) is 77.8 Å². The van der Waals surface area contributed by atoms with Crippen LogP contribution in [0.5, 0.6) is 0 Å². The lowest BCUT2D eigenvalue weighted by Gasteiger charge is -2.09. The van der Waals surface area contributed by atoms with Crippen molar-refractivity contribution in [2.45, 2.75) is 13.8 Å². The van der Waals surface area contributed by atoms with Gasteiger partial charge in [0.25, 0.3) is 0 Å². The Kier molecular flexibility index (Phi) is 3.96. The smallest absolute Gasteiger partial charge is 0.221 e. The minimum absolute atomic E-state index is 0.113. The first-order valence-corrected chi connectivity index (χ1v) is 6.11. The molecular formula is C15H14N4O. The SMILES string of the molecule is CC(=O)Nc1ccc(Nc2nc(C)ccc2C#N)cc1. The Labute approximate surface area is 117 Å². The summed E-state index contributed by atoms with van der Waals surface area (Å²) in [6, 6.07) is 12.8. The average Bonchev–Trinajstić information content (AvgIpc) is 2.41. The van der Waals surface area contributed by atoms with Crippen molar-refractivity contribution in [1.82, 2.24) is 4.98 Å². The number of anilines is 3. The van der Waals surface area contributed by atoms with E-state index in [0.717, 1.165) is 17.1 Å². The summed E-state index contributed by atoms with van der Waals surface area (Å²) in [7, 11) is 0. The Bertz CT molecular complexity index is 671. The second-order valence-corrected chi connectivity index (χ2v) is 4.34. The third-order valence-corrected chi connectivity index (χ3v) is 2.62. The van der Waals surface area contributed by atoms with Gasteiger partial charge in [-0.1, -0.05) is 0 Å². The second-order valence-electron chi connectivity index (χ2n) is 4.34. The number of aryl methyl sites for hydroxylation is 1. The van der Waals surface area contributed by atoms with Gasteiger partial charge in [-0.15, -0.1) is 0 Å². The van der Waals surface area contributed by atoms with Gasteiger partial charge in [-0.2, -0.15) is 5.26 Å². The van der Waals surface area contributed by atoms with Crippen LogP contribution in [0.1, 0.15) is 18.2 Å². The number of carbonyl (C=O) groups excluding carboxylic acids is 1. The Balaban J connectivity index is 2.20. The van der Waals surface area contributed by atoms with Gasteiger partial charge in [0, 0.05) is 24.0 Å². The molecule has 0 radical (unpaired) electrons. The number of benzene rings is 1. The van der Waals surface area contributed by atoms with Crippen LogP contribution in [0, 0.1) is 18.3 Å². The number of nitrogens with one attached hydrogen (secondary N) is 2. The predicted molar refractivity (Wildman–Crippen MR) is 77.7 cm³/mol.